The third kappa shape index (κ3) is 7.29. The summed E-state index contributed by atoms with van der Waals surface area (Å²) in [6, 6.07) is 8.91. The lowest BCUT2D eigenvalue weighted by Gasteiger charge is -2.43. The molecule has 1 heterocycles. The molecule has 0 radical (unpaired) electrons. The van der Waals surface area contributed by atoms with E-state index in [0.29, 0.717) is 37.9 Å². The van der Waals surface area contributed by atoms with E-state index in [0.717, 1.165) is 25.2 Å². The van der Waals surface area contributed by atoms with Crippen LogP contribution in [0.5, 0.6) is 0 Å². The van der Waals surface area contributed by atoms with Crippen molar-refractivity contribution in [3.63, 3.8) is 0 Å². The Labute approximate surface area is 181 Å². The minimum atomic E-state index is -0.499. The summed E-state index contributed by atoms with van der Waals surface area (Å²) in [7, 11) is 0. The minimum Gasteiger partial charge on any atom is -0.353 e. The standard InChI is InChI=1S/C23H39N5O2/c1-17(2)15-27(16-18(3)4)20-10-13-28(21(14-20)22(29)25-12-11-24)23(30)26-19-8-6-5-7-9-19/h5-9,17-18,20-21H,10-16,24H2,1-4H3,(H,25,29)(H,26,30)/t20?,21-/m1/s1. The second kappa shape index (κ2) is 11.9. The number of carbonyl (C=O) groups is 2. The van der Waals surface area contributed by atoms with Gasteiger partial charge in [-0.2, -0.15) is 0 Å². The summed E-state index contributed by atoms with van der Waals surface area (Å²) in [6.45, 7) is 12.2. The second-order valence-corrected chi connectivity index (χ2v) is 9.00. The molecule has 7 heteroatoms. The van der Waals surface area contributed by atoms with Gasteiger partial charge in [0.1, 0.15) is 6.04 Å². The fourth-order valence-corrected chi connectivity index (χ4v) is 4.11. The summed E-state index contributed by atoms with van der Waals surface area (Å²) >= 11 is 0. The highest BCUT2D eigenvalue weighted by Gasteiger charge is 2.38. The number of hydrogen-bond acceptors (Lipinski definition) is 4. The van der Waals surface area contributed by atoms with E-state index in [4.69, 9.17) is 5.73 Å². The first-order valence-corrected chi connectivity index (χ1v) is 11.2. The summed E-state index contributed by atoms with van der Waals surface area (Å²) in [5.74, 6) is 0.975. The number of hydrogen-bond donors (Lipinski definition) is 3. The van der Waals surface area contributed by atoms with Gasteiger partial charge in [-0.15, -0.1) is 0 Å². The Balaban J connectivity index is 2.16. The van der Waals surface area contributed by atoms with Crippen molar-refractivity contribution < 1.29 is 9.59 Å². The summed E-state index contributed by atoms with van der Waals surface area (Å²) in [5.41, 5.74) is 6.30. The zero-order valence-corrected chi connectivity index (χ0v) is 18.9. The molecule has 1 aromatic rings. The summed E-state index contributed by atoms with van der Waals surface area (Å²) < 4.78 is 0. The van der Waals surface area contributed by atoms with Crippen molar-refractivity contribution in [3.05, 3.63) is 30.3 Å². The van der Waals surface area contributed by atoms with Crippen LogP contribution in [0.1, 0.15) is 40.5 Å². The lowest BCUT2D eigenvalue weighted by molar-refractivity contribution is -0.127. The molecular weight excluding hydrogens is 378 g/mol. The molecule has 1 aromatic carbocycles. The van der Waals surface area contributed by atoms with Crippen molar-refractivity contribution in [2.75, 3.05) is 38.0 Å². The van der Waals surface area contributed by atoms with E-state index >= 15 is 0 Å². The molecule has 4 N–H and O–H groups in total. The predicted octanol–water partition coefficient (Wildman–Crippen LogP) is 2.74. The van der Waals surface area contributed by atoms with Crippen LogP contribution >= 0.6 is 0 Å². The number of amides is 3. The number of nitrogens with zero attached hydrogens (tertiary/aromatic N) is 2. The highest BCUT2D eigenvalue weighted by Crippen LogP contribution is 2.25. The van der Waals surface area contributed by atoms with Gasteiger partial charge in [0.05, 0.1) is 0 Å². The number of para-hydroxylation sites is 1. The van der Waals surface area contributed by atoms with E-state index in [2.05, 4.69) is 43.2 Å². The normalized spacial score (nSPS) is 19.4. The Morgan fingerprint density at radius 2 is 1.77 bits per heavy atom. The van der Waals surface area contributed by atoms with E-state index in [1.807, 2.05) is 30.3 Å². The number of carbonyl (C=O) groups excluding carboxylic acids is 2. The Kier molecular flexibility index (Phi) is 9.59. The number of nitrogens with one attached hydrogen (secondary N) is 2. The quantitative estimate of drug-likeness (QED) is 0.576. The molecule has 0 bridgehead atoms. The molecule has 168 valence electrons. The molecule has 1 unspecified atom stereocenters. The molecule has 1 saturated heterocycles. The summed E-state index contributed by atoms with van der Waals surface area (Å²) in [6.07, 6.45) is 1.50. The first kappa shape index (κ1) is 24.2. The van der Waals surface area contributed by atoms with Crippen molar-refractivity contribution in [1.29, 1.82) is 0 Å². The fraction of sp³-hybridized carbons (Fsp3) is 0.652. The van der Waals surface area contributed by atoms with Gasteiger partial charge < -0.3 is 21.3 Å². The van der Waals surface area contributed by atoms with Crippen molar-refractivity contribution in [2.24, 2.45) is 17.6 Å². The molecule has 2 rings (SSSR count). The zero-order chi connectivity index (χ0) is 22.1. The van der Waals surface area contributed by atoms with E-state index < -0.39 is 6.04 Å². The summed E-state index contributed by atoms with van der Waals surface area (Å²) in [4.78, 5) is 30.1. The molecule has 0 saturated carbocycles. The topological polar surface area (TPSA) is 90.7 Å². The number of benzene rings is 1. The number of nitrogens with two attached hydrogens (primary N) is 1. The zero-order valence-electron chi connectivity index (χ0n) is 18.9. The number of urea groups is 1. The first-order valence-electron chi connectivity index (χ1n) is 11.2. The van der Waals surface area contributed by atoms with E-state index in [1.165, 1.54) is 0 Å². The van der Waals surface area contributed by atoms with Crippen LogP contribution in [0.4, 0.5) is 10.5 Å². The van der Waals surface area contributed by atoms with Crippen LogP contribution in [-0.4, -0.2) is 66.5 Å². The predicted molar refractivity (Wildman–Crippen MR) is 122 cm³/mol. The highest BCUT2D eigenvalue weighted by atomic mass is 16.2. The number of likely N-dealkylation sites (tertiary alicyclic amines) is 1. The maximum Gasteiger partial charge on any atom is 0.322 e. The molecule has 1 fully saturated rings. The Hall–Kier alpha value is -2.12. The van der Waals surface area contributed by atoms with Crippen LogP contribution in [0.15, 0.2) is 30.3 Å². The Morgan fingerprint density at radius 3 is 2.33 bits per heavy atom. The van der Waals surface area contributed by atoms with Crippen LogP contribution < -0.4 is 16.4 Å². The van der Waals surface area contributed by atoms with Gasteiger partial charge in [0.2, 0.25) is 5.91 Å². The molecule has 0 spiro atoms. The minimum absolute atomic E-state index is 0.123. The summed E-state index contributed by atoms with van der Waals surface area (Å²) in [5, 5.41) is 5.82. The molecule has 30 heavy (non-hydrogen) atoms. The van der Waals surface area contributed by atoms with Crippen molar-refractivity contribution >= 4 is 17.6 Å². The Morgan fingerprint density at radius 1 is 1.13 bits per heavy atom. The smallest absolute Gasteiger partial charge is 0.322 e. The van der Waals surface area contributed by atoms with E-state index in [-0.39, 0.29) is 18.0 Å². The third-order valence-corrected chi connectivity index (χ3v) is 5.32. The van der Waals surface area contributed by atoms with Gasteiger partial charge in [-0.05, 0) is 36.8 Å². The van der Waals surface area contributed by atoms with Gasteiger partial charge in [-0.1, -0.05) is 45.9 Å². The Bertz CT molecular complexity index is 655. The second-order valence-electron chi connectivity index (χ2n) is 9.00. The SMILES string of the molecule is CC(C)CN(CC(C)C)C1CCN(C(=O)Nc2ccccc2)[C@@H](C(=O)NCCN)C1. The number of anilines is 1. The average Bonchev–Trinajstić information content (AvgIpc) is 2.71. The van der Waals surface area contributed by atoms with Gasteiger partial charge in [0.25, 0.3) is 0 Å². The molecule has 0 aliphatic carbocycles. The van der Waals surface area contributed by atoms with Crippen LogP contribution in [-0.2, 0) is 4.79 Å². The van der Waals surface area contributed by atoms with Crippen LogP contribution in [0, 0.1) is 11.8 Å². The molecule has 0 aromatic heterocycles. The molecule has 1 aliphatic rings. The van der Waals surface area contributed by atoms with Gasteiger partial charge in [-0.3, -0.25) is 9.69 Å². The molecule has 1 aliphatic heterocycles. The van der Waals surface area contributed by atoms with E-state index in [1.54, 1.807) is 4.90 Å². The molecule has 3 amide bonds. The van der Waals surface area contributed by atoms with Crippen LogP contribution in [0.25, 0.3) is 0 Å². The largest absolute Gasteiger partial charge is 0.353 e. The maximum absolute atomic E-state index is 13.0. The van der Waals surface area contributed by atoms with Crippen molar-refractivity contribution in [2.45, 2.75) is 52.6 Å². The van der Waals surface area contributed by atoms with Crippen LogP contribution in [0.3, 0.4) is 0 Å². The third-order valence-electron chi connectivity index (χ3n) is 5.32. The molecule has 7 nitrogen and oxygen atoms in total. The molecule has 2 atom stereocenters. The van der Waals surface area contributed by atoms with Crippen molar-refractivity contribution in [1.82, 2.24) is 15.1 Å². The first-order chi connectivity index (χ1) is 14.3. The highest BCUT2D eigenvalue weighted by molar-refractivity contribution is 5.94. The number of piperidine rings is 1. The lowest BCUT2D eigenvalue weighted by Crippen LogP contribution is -2.59. The van der Waals surface area contributed by atoms with Gasteiger partial charge >= 0.3 is 6.03 Å². The van der Waals surface area contributed by atoms with Gasteiger partial charge in [0.15, 0.2) is 0 Å². The van der Waals surface area contributed by atoms with Crippen molar-refractivity contribution in [3.8, 4) is 0 Å². The maximum atomic E-state index is 13.0. The fourth-order valence-electron chi connectivity index (χ4n) is 4.11. The average molecular weight is 418 g/mol. The lowest BCUT2D eigenvalue weighted by atomic mass is 9.93. The molecular formula is C23H39N5O2. The van der Waals surface area contributed by atoms with E-state index in [9.17, 15) is 9.59 Å². The van der Waals surface area contributed by atoms with Gasteiger partial charge in [-0.25, -0.2) is 4.79 Å². The monoisotopic (exact) mass is 417 g/mol. The number of rotatable bonds is 9. The van der Waals surface area contributed by atoms with Crippen LogP contribution in [0.2, 0.25) is 0 Å². The van der Waals surface area contributed by atoms with Gasteiger partial charge in [0, 0.05) is 44.5 Å².